The van der Waals surface area contributed by atoms with Gasteiger partial charge in [0.1, 0.15) is 11.5 Å². The van der Waals surface area contributed by atoms with Crippen LogP contribution in [-0.2, 0) is 31.2 Å². The Morgan fingerprint density at radius 3 is 2.66 bits per heavy atom. The fourth-order valence-electron chi connectivity index (χ4n) is 4.06. The Labute approximate surface area is 192 Å². The SMILES string of the molecule is CSc1nnc(CCCNC(=O)CCc2c(C)c3c(C)nn(C)c3[nH]c2=O)n1CC(C)C. The maximum Gasteiger partial charge on any atom is 0.253 e. The molecule has 0 aromatic carbocycles. The maximum atomic E-state index is 12.5. The Morgan fingerprint density at radius 1 is 1.22 bits per heavy atom. The molecule has 10 heteroatoms. The van der Waals surface area contributed by atoms with Gasteiger partial charge >= 0.3 is 0 Å². The number of carbonyl (C=O) groups is 1. The fourth-order valence-corrected chi connectivity index (χ4v) is 4.58. The highest BCUT2D eigenvalue weighted by Crippen LogP contribution is 2.21. The number of fused-ring (bicyclic) bond motifs is 1. The zero-order valence-electron chi connectivity index (χ0n) is 19.8. The molecule has 174 valence electrons. The molecule has 0 saturated heterocycles. The topological polar surface area (TPSA) is 110 Å². The van der Waals surface area contributed by atoms with Gasteiger partial charge in [-0.15, -0.1) is 10.2 Å². The second-order valence-corrected chi connectivity index (χ2v) is 9.32. The van der Waals surface area contributed by atoms with E-state index in [9.17, 15) is 9.59 Å². The van der Waals surface area contributed by atoms with Crippen molar-refractivity contribution in [1.82, 2.24) is 34.8 Å². The Kier molecular flexibility index (Phi) is 7.76. The van der Waals surface area contributed by atoms with Crippen LogP contribution in [0.1, 0.15) is 49.3 Å². The van der Waals surface area contributed by atoms with Crippen molar-refractivity contribution in [3.8, 4) is 0 Å². The van der Waals surface area contributed by atoms with E-state index >= 15 is 0 Å². The maximum absolute atomic E-state index is 12.5. The van der Waals surface area contributed by atoms with E-state index in [1.165, 1.54) is 0 Å². The molecule has 0 bridgehead atoms. The second-order valence-electron chi connectivity index (χ2n) is 8.55. The van der Waals surface area contributed by atoms with Crippen molar-refractivity contribution in [2.24, 2.45) is 13.0 Å². The van der Waals surface area contributed by atoms with Gasteiger partial charge in [0.2, 0.25) is 5.91 Å². The van der Waals surface area contributed by atoms with E-state index in [-0.39, 0.29) is 17.9 Å². The lowest BCUT2D eigenvalue weighted by molar-refractivity contribution is -0.121. The average molecular weight is 460 g/mol. The summed E-state index contributed by atoms with van der Waals surface area (Å²) in [7, 11) is 1.81. The van der Waals surface area contributed by atoms with Crippen molar-refractivity contribution >= 4 is 28.7 Å². The first kappa shape index (κ1) is 24.0. The molecule has 1 amide bonds. The summed E-state index contributed by atoms with van der Waals surface area (Å²) in [6.45, 7) is 9.66. The number of aryl methyl sites for hydroxylation is 4. The van der Waals surface area contributed by atoms with Crippen molar-refractivity contribution in [3.63, 3.8) is 0 Å². The quantitative estimate of drug-likeness (QED) is 0.356. The number of nitrogens with zero attached hydrogens (tertiary/aromatic N) is 5. The van der Waals surface area contributed by atoms with Crippen LogP contribution in [0.5, 0.6) is 0 Å². The smallest absolute Gasteiger partial charge is 0.253 e. The normalized spacial score (nSPS) is 11.6. The van der Waals surface area contributed by atoms with E-state index < -0.39 is 0 Å². The number of rotatable bonds is 10. The van der Waals surface area contributed by atoms with Crippen molar-refractivity contribution in [2.45, 2.75) is 65.1 Å². The van der Waals surface area contributed by atoms with Gasteiger partial charge in [-0.1, -0.05) is 25.6 Å². The summed E-state index contributed by atoms with van der Waals surface area (Å²) < 4.78 is 3.85. The van der Waals surface area contributed by atoms with E-state index in [2.05, 4.69) is 44.0 Å². The second kappa shape index (κ2) is 10.3. The zero-order valence-corrected chi connectivity index (χ0v) is 20.6. The molecule has 3 aromatic rings. The number of aromatic amines is 1. The molecule has 32 heavy (non-hydrogen) atoms. The molecule has 0 aliphatic rings. The summed E-state index contributed by atoms with van der Waals surface area (Å²) in [5, 5.41) is 17.8. The fraction of sp³-hybridized carbons (Fsp3) is 0.591. The van der Waals surface area contributed by atoms with E-state index in [4.69, 9.17) is 0 Å². The van der Waals surface area contributed by atoms with Gasteiger partial charge in [0.25, 0.3) is 5.56 Å². The van der Waals surface area contributed by atoms with Gasteiger partial charge < -0.3 is 14.9 Å². The number of aromatic nitrogens is 6. The van der Waals surface area contributed by atoms with Crippen LogP contribution in [0.4, 0.5) is 0 Å². The minimum Gasteiger partial charge on any atom is -0.356 e. The van der Waals surface area contributed by atoms with Crippen LogP contribution in [0.15, 0.2) is 9.95 Å². The summed E-state index contributed by atoms with van der Waals surface area (Å²) in [4.78, 5) is 27.8. The number of H-pyrrole nitrogens is 1. The number of thioether (sulfide) groups is 1. The lowest BCUT2D eigenvalue weighted by Gasteiger charge is -2.12. The molecule has 0 spiro atoms. The minimum absolute atomic E-state index is 0.0553. The zero-order chi connectivity index (χ0) is 23.4. The third-order valence-electron chi connectivity index (χ3n) is 5.58. The molecular formula is C22H33N7O2S. The van der Waals surface area contributed by atoms with E-state index in [1.807, 2.05) is 27.2 Å². The molecular weight excluding hydrogens is 426 g/mol. The third-order valence-corrected chi connectivity index (χ3v) is 6.25. The minimum atomic E-state index is -0.153. The highest BCUT2D eigenvalue weighted by molar-refractivity contribution is 7.98. The summed E-state index contributed by atoms with van der Waals surface area (Å²) in [6.07, 6.45) is 4.23. The van der Waals surface area contributed by atoms with Crippen LogP contribution in [0, 0.1) is 19.8 Å². The average Bonchev–Trinajstić information content (AvgIpc) is 3.24. The van der Waals surface area contributed by atoms with Crippen LogP contribution in [0.25, 0.3) is 11.0 Å². The first-order valence-corrected chi connectivity index (χ1v) is 12.2. The van der Waals surface area contributed by atoms with E-state index in [0.717, 1.165) is 47.0 Å². The predicted octanol–water partition coefficient (Wildman–Crippen LogP) is 2.53. The number of nitrogens with one attached hydrogen (secondary N) is 2. The third kappa shape index (κ3) is 5.23. The number of pyridine rings is 1. The van der Waals surface area contributed by atoms with Crippen LogP contribution in [0.2, 0.25) is 0 Å². The van der Waals surface area contributed by atoms with Gasteiger partial charge in [-0.3, -0.25) is 14.3 Å². The Hall–Kier alpha value is -2.62. The molecule has 3 aromatic heterocycles. The molecule has 0 radical (unpaired) electrons. The Balaban J connectivity index is 1.53. The van der Waals surface area contributed by atoms with E-state index in [1.54, 1.807) is 16.4 Å². The van der Waals surface area contributed by atoms with Crippen LogP contribution in [-0.4, -0.2) is 48.2 Å². The molecule has 0 atom stereocenters. The Morgan fingerprint density at radius 2 is 1.97 bits per heavy atom. The number of hydrogen-bond donors (Lipinski definition) is 2. The molecule has 0 unspecified atom stereocenters. The lowest BCUT2D eigenvalue weighted by atomic mass is 10.0. The van der Waals surface area contributed by atoms with Crippen LogP contribution < -0.4 is 10.9 Å². The highest BCUT2D eigenvalue weighted by Gasteiger charge is 2.16. The Bertz CT molecular complexity index is 1160. The number of carbonyl (C=O) groups excluding carboxylic acids is 1. The molecule has 0 aliphatic carbocycles. The van der Waals surface area contributed by atoms with Gasteiger partial charge in [0.05, 0.1) is 5.69 Å². The van der Waals surface area contributed by atoms with Gasteiger partial charge in [-0.2, -0.15) is 5.10 Å². The van der Waals surface area contributed by atoms with Gasteiger partial charge in [-0.05, 0) is 44.4 Å². The summed E-state index contributed by atoms with van der Waals surface area (Å²) >= 11 is 1.60. The predicted molar refractivity (Wildman–Crippen MR) is 127 cm³/mol. The summed E-state index contributed by atoms with van der Waals surface area (Å²) in [5.41, 5.74) is 2.98. The molecule has 9 nitrogen and oxygen atoms in total. The van der Waals surface area contributed by atoms with Crippen molar-refractivity contribution in [3.05, 3.63) is 33.0 Å². The van der Waals surface area contributed by atoms with Gasteiger partial charge in [-0.25, -0.2) is 0 Å². The standard InChI is InChI=1S/C22H33N7O2S/c1-13(2)12-29-17(25-26-22(29)32-6)8-7-11-23-18(30)10-9-16-14(3)19-15(4)27-28(5)20(19)24-21(16)31/h13H,7-12H2,1-6H3,(H,23,30)(H,24,31). The number of hydrogen-bond acceptors (Lipinski definition) is 6. The molecule has 3 heterocycles. The van der Waals surface area contributed by atoms with Crippen molar-refractivity contribution in [2.75, 3.05) is 12.8 Å². The van der Waals surface area contributed by atoms with E-state index in [0.29, 0.717) is 30.1 Å². The summed E-state index contributed by atoms with van der Waals surface area (Å²) in [5.74, 6) is 1.41. The van der Waals surface area contributed by atoms with Gasteiger partial charge in [0.15, 0.2) is 5.16 Å². The number of amides is 1. The van der Waals surface area contributed by atoms with Crippen LogP contribution in [0.3, 0.4) is 0 Å². The summed E-state index contributed by atoms with van der Waals surface area (Å²) in [6, 6.07) is 0. The van der Waals surface area contributed by atoms with Gasteiger partial charge in [0, 0.05) is 43.9 Å². The molecule has 0 aliphatic heterocycles. The largest absolute Gasteiger partial charge is 0.356 e. The van der Waals surface area contributed by atoms with Crippen LogP contribution >= 0.6 is 11.8 Å². The monoisotopic (exact) mass is 459 g/mol. The molecule has 0 fully saturated rings. The van der Waals surface area contributed by atoms with Crippen molar-refractivity contribution in [1.29, 1.82) is 0 Å². The molecule has 2 N–H and O–H groups in total. The lowest BCUT2D eigenvalue weighted by Crippen LogP contribution is -2.26. The first-order valence-electron chi connectivity index (χ1n) is 11.0. The first-order chi connectivity index (χ1) is 15.2. The molecule has 3 rings (SSSR count). The highest BCUT2D eigenvalue weighted by atomic mass is 32.2. The molecule has 0 saturated carbocycles. The van der Waals surface area contributed by atoms with Crippen molar-refractivity contribution < 1.29 is 4.79 Å².